The molecule has 1 aromatic rings. The monoisotopic (exact) mass is 155 g/mol. The van der Waals surface area contributed by atoms with Crippen LogP contribution in [0.15, 0.2) is 12.1 Å². The minimum absolute atomic E-state index is 0.209. The first-order chi connectivity index (χ1) is 4.74. The van der Waals surface area contributed by atoms with Crippen LogP contribution in [0, 0.1) is 0 Å². The fourth-order valence-corrected chi connectivity index (χ4v) is 0.902. The number of carbonyl (C=O) groups is 1. The second-order valence-electron chi connectivity index (χ2n) is 2.06. The summed E-state index contributed by atoms with van der Waals surface area (Å²) in [5.41, 5.74) is 1.64. The number of nitrogens with one attached hydrogen (secondary N) is 1. The first-order valence-corrected chi connectivity index (χ1v) is 3.60. The van der Waals surface area contributed by atoms with E-state index in [1.54, 1.807) is 6.07 Å². The number of carbonyl (C=O) groups excluding carboxylic acids is 1. The van der Waals surface area contributed by atoms with Crippen molar-refractivity contribution < 1.29 is 4.79 Å². The lowest BCUT2D eigenvalue weighted by atomic mass is 10.3. The highest BCUT2D eigenvalue weighted by atomic mass is 32.1. The van der Waals surface area contributed by atoms with E-state index in [4.69, 9.17) is 0 Å². The smallest absolute Gasteiger partial charge is 0.232 e. The zero-order chi connectivity index (χ0) is 7.56. The first-order valence-electron chi connectivity index (χ1n) is 3.15. The molecule has 0 spiro atoms. The second-order valence-corrected chi connectivity index (χ2v) is 2.46. The minimum Gasteiger partial charge on any atom is -0.355 e. The predicted molar refractivity (Wildman–Crippen MR) is 43.5 cm³/mol. The molecule has 54 valence electrons. The zero-order valence-corrected chi connectivity index (χ0v) is 6.61. The van der Waals surface area contributed by atoms with Crippen molar-refractivity contribution in [2.24, 2.45) is 0 Å². The van der Waals surface area contributed by atoms with Crippen LogP contribution in [0.5, 0.6) is 0 Å². The van der Waals surface area contributed by atoms with E-state index in [1.165, 1.54) is 0 Å². The largest absolute Gasteiger partial charge is 0.355 e. The van der Waals surface area contributed by atoms with Crippen molar-refractivity contribution >= 4 is 17.7 Å². The molecular formula is C7H9NOS. The van der Waals surface area contributed by atoms with Gasteiger partial charge >= 0.3 is 0 Å². The first kappa shape index (κ1) is 7.41. The summed E-state index contributed by atoms with van der Waals surface area (Å²) in [5.74, 6) is 0. The van der Waals surface area contributed by atoms with Gasteiger partial charge in [0.15, 0.2) is 0 Å². The number of aromatic amines is 1. The SMILES string of the molecule is CCc1ccc(C(=O)S)[nH]1. The molecular weight excluding hydrogens is 146 g/mol. The predicted octanol–water partition coefficient (Wildman–Crippen LogP) is 1.65. The van der Waals surface area contributed by atoms with E-state index >= 15 is 0 Å². The number of aromatic nitrogens is 1. The molecule has 1 heterocycles. The molecule has 0 aliphatic rings. The Hall–Kier alpha value is -0.700. The molecule has 2 nitrogen and oxygen atoms in total. The van der Waals surface area contributed by atoms with Crippen molar-refractivity contribution in [1.82, 2.24) is 4.98 Å². The maximum absolute atomic E-state index is 10.6. The fourth-order valence-electron chi connectivity index (χ4n) is 0.771. The van der Waals surface area contributed by atoms with Gasteiger partial charge in [0, 0.05) is 5.69 Å². The van der Waals surface area contributed by atoms with E-state index in [0.29, 0.717) is 5.69 Å². The Balaban J connectivity index is 2.88. The maximum atomic E-state index is 10.6. The van der Waals surface area contributed by atoms with Crippen LogP contribution in [0.2, 0.25) is 0 Å². The molecule has 0 atom stereocenters. The molecule has 1 rings (SSSR count). The summed E-state index contributed by atoms with van der Waals surface area (Å²) in [4.78, 5) is 13.5. The molecule has 0 saturated carbocycles. The zero-order valence-electron chi connectivity index (χ0n) is 5.72. The average Bonchev–Trinajstić information content (AvgIpc) is 2.34. The minimum atomic E-state index is -0.209. The molecule has 0 amide bonds. The van der Waals surface area contributed by atoms with Gasteiger partial charge in [-0.1, -0.05) is 19.6 Å². The summed E-state index contributed by atoms with van der Waals surface area (Å²) in [6, 6.07) is 3.64. The molecule has 0 bridgehead atoms. The molecule has 0 aliphatic carbocycles. The molecule has 0 radical (unpaired) electrons. The Morgan fingerprint density at radius 1 is 1.70 bits per heavy atom. The van der Waals surface area contributed by atoms with Gasteiger partial charge in [-0.05, 0) is 18.6 Å². The molecule has 10 heavy (non-hydrogen) atoms. The lowest BCUT2D eigenvalue weighted by Crippen LogP contribution is -1.88. The Kier molecular flexibility index (Phi) is 2.17. The summed E-state index contributed by atoms with van der Waals surface area (Å²) in [6.07, 6.45) is 0.918. The molecule has 1 N–H and O–H groups in total. The quantitative estimate of drug-likeness (QED) is 0.625. The third kappa shape index (κ3) is 1.42. The topological polar surface area (TPSA) is 32.9 Å². The molecule has 0 saturated heterocycles. The highest BCUT2D eigenvalue weighted by molar-refractivity contribution is 7.97. The average molecular weight is 155 g/mol. The third-order valence-corrected chi connectivity index (χ3v) is 1.60. The molecule has 0 aromatic carbocycles. The Morgan fingerprint density at radius 2 is 2.40 bits per heavy atom. The number of rotatable bonds is 2. The number of thiol groups is 1. The van der Waals surface area contributed by atoms with E-state index in [0.717, 1.165) is 12.1 Å². The number of hydrogen-bond donors (Lipinski definition) is 2. The number of aryl methyl sites for hydroxylation is 1. The highest BCUT2D eigenvalue weighted by Crippen LogP contribution is 2.04. The Bertz CT molecular complexity index is 242. The van der Waals surface area contributed by atoms with Gasteiger partial charge in [0.05, 0.1) is 5.69 Å². The maximum Gasteiger partial charge on any atom is 0.232 e. The van der Waals surface area contributed by atoms with E-state index in [-0.39, 0.29) is 5.12 Å². The van der Waals surface area contributed by atoms with Gasteiger partial charge in [0.2, 0.25) is 5.12 Å². The van der Waals surface area contributed by atoms with Gasteiger partial charge in [-0.25, -0.2) is 0 Å². The van der Waals surface area contributed by atoms with Crippen LogP contribution in [-0.2, 0) is 6.42 Å². The molecule has 1 aromatic heterocycles. The summed E-state index contributed by atoms with van der Waals surface area (Å²) < 4.78 is 0. The van der Waals surface area contributed by atoms with Crippen LogP contribution in [0.3, 0.4) is 0 Å². The van der Waals surface area contributed by atoms with Crippen molar-refractivity contribution in [3.63, 3.8) is 0 Å². The molecule has 0 unspecified atom stereocenters. The molecule has 0 fully saturated rings. The lowest BCUT2D eigenvalue weighted by molar-refractivity contribution is 0.108. The second kappa shape index (κ2) is 2.92. The van der Waals surface area contributed by atoms with Gasteiger partial charge in [-0.2, -0.15) is 0 Å². The van der Waals surface area contributed by atoms with Crippen molar-refractivity contribution in [3.8, 4) is 0 Å². The van der Waals surface area contributed by atoms with Crippen molar-refractivity contribution in [2.45, 2.75) is 13.3 Å². The van der Waals surface area contributed by atoms with Crippen LogP contribution in [0.1, 0.15) is 23.1 Å². The Labute approximate surface area is 65.1 Å². The summed E-state index contributed by atoms with van der Waals surface area (Å²) in [5, 5.41) is -0.209. The van der Waals surface area contributed by atoms with Gasteiger partial charge < -0.3 is 4.98 Å². The summed E-state index contributed by atoms with van der Waals surface area (Å²) in [7, 11) is 0. The summed E-state index contributed by atoms with van der Waals surface area (Å²) >= 11 is 3.67. The van der Waals surface area contributed by atoms with E-state index in [9.17, 15) is 4.79 Å². The third-order valence-electron chi connectivity index (χ3n) is 1.36. The normalized spacial score (nSPS) is 9.80. The Morgan fingerprint density at radius 3 is 2.70 bits per heavy atom. The standard InChI is InChI=1S/C7H9NOS/c1-2-5-3-4-6(8-5)7(9)10/h3-4,8H,2H2,1H3,(H,9,10). The fraction of sp³-hybridized carbons (Fsp3) is 0.286. The van der Waals surface area contributed by atoms with Gasteiger partial charge in [-0.15, -0.1) is 0 Å². The number of hydrogen-bond acceptors (Lipinski definition) is 1. The van der Waals surface area contributed by atoms with Crippen LogP contribution in [-0.4, -0.2) is 10.1 Å². The summed E-state index contributed by atoms with van der Waals surface area (Å²) in [6.45, 7) is 2.03. The van der Waals surface area contributed by atoms with Crippen molar-refractivity contribution in [2.75, 3.05) is 0 Å². The molecule has 0 aliphatic heterocycles. The van der Waals surface area contributed by atoms with Crippen LogP contribution >= 0.6 is 12.6 Å². The van der Waals surface area contributed by atoms with Crippen LogP contribution in [0.25, 0.3) is 0 Å². The van der Waals surface area contributed by atoms with E-state index in [2.05, 4.69) is 17.6 Å². The van der Waals surface area contributed by atoms with Crippen molar-refractivity contribution in [3.05, 3.63) is 23.5 Å². The van der Waals surface area contributed by atoms with Gasteiger partial charge in [0.1, 0.15) is 0 Å². The van der Waals surface area contributed by atoms with Gasteiger partial charge in [-0.3, -0.25) is 4.79 Å². The molecule has 3 heteroatoms. The van der Waals surface area contributed by atoms with E-state index in [1.807, 2.05) is 13.0 Å². The van der Waals surface area contributed by atoms with E-state index < -0.39 is 0 Å². The number of H-pyrrole nitrogens is 1. The van der Waals surface area contributed by atoms with Crippen LogP contribution in [0.4, 0.5) is 0 Å². The van der Waals surface area contributed by atoms with Gasteiger partial charge in [0.25, 0.3) is 0 Å². The highest BCUT2D eigenvalue weighted by Gasteiger charge is 2.00. The van der Waals surface area contributed by atoms with Crippen molar-refractivity contribution in [1.29, 1.82) is 0 Å². The lowest BCUT2D eigenvalue weighted by Gasteiger charge is -1.87. The van der Waals surface area contributed by atoms with Crippen LogP contribution < -0.4 is 0 Å².